The van der Waals surface area contributed by atoms with Crippen molar-refractivity contribution in [3.05, 3.63) is 11.8 Å². The summed E-state index contributed by atoms with van der Waals surface area (Å²) in [5.74, 6) is -0.0608. The minimum absolute atomic E-state index is 0.0130. The number of nitriles is 1. The zero-order valence-electron chi connectivity index (χ0n) is 8.45. The van der Waals surface area contributed by atoms with Crippen LogP contribution in [0.5, 0.6) is 0 Å². The van der Waals surface area contributed by atoms with Gasteiger partial charge in [0, 0.05) is 6.42 Å². The summed E-state index contributed by atoms with van der Waals surface area (Å²) in [6.07, 6.45) is -4.91. The van der Waals surface area contributed by atoms with Gasteiger partial charge in [-0.2, -0.15) is 10.4 Å². The highest BCUT2D eigenvalue weighted by Crippen LogP contribution is 2.34. The smallest absolute Gasteiger partial charge is 0.260 e. The molecule has 8 heteroatoms. The lowest BCUT2D eigenvalue weighted by atomic mass is 10.0. The molecule has 1 aliphatic heterocycles. The van der Waals surface area contributed by atoms with Gasteiger partial charge < -0.3 is 5.32 Å². The highest BCUT2D eigenvalue weighted by Gasteiger charge is 2.38. The van der Waals surface area contributed by atoms with E-state index in [0.29, 0.717) is 0 Å². The highest BCUT2D eigenvalue weighted by atomic mass is 19.3. The molecule has 0 radical (unpaired) electrons. The maximum atomic E-state index is 12.7. The Balaban J connectivity index is 2.41. The van der Waals surface area contributed by atoms with E-state index in [4.69, 9.17) is 5.26 Å². The Morgan fingerprint density at radius 1 is 1.41 bits per heavy atom. The van der Waals surface area contributed by atoms with Crippen LogP contribution in [0.25, 0.3) is 0 Å². The summed E-state index contributed by atoms with van der Waals surface area (Å²) in [5, 5.41) is 14.7. The van der Waals surface area contributed by atoms with E-state index in [1.165, 1.54) is 0 Å². The first-order valence-corrected chi connectivity index (χ1v) is 4.85. The summed E-state index contributed by atoms with van der Waals surface area (Å²) in [4.78, 5) is 0. The molecule has 2 unspecified atom stereocenters. The second-order valence-electron chi connectivity index (χ2n) is 3.69. The molecule has 2 atom stereocenters. The molecule has 0 spiro atoms. The molecule has 4 nitrogen and oxygen atoms in total. The molecule has 1 aliphatic rings. The van der Waals surface area contributed by atoms with Crippen molar-refractivity contribution in [3.8, 4) is 6.07 Å². The minimum atomic E-state index is -2.80. The van der Waals surface area contributed by atoms with Crippen LogP contribution >= 0.6 is 0 Å². The standard InChI is InChI=1S/C9H8F4N4/c10-7(11)5-1-6(8(12)13)17-9(16-5)4(2-14)3-15-17/h3,5-8,16H,1H2. The first-order valence-electron chi connectivity index (χ1n) is 4.85. The first-order chi connectivity index (χ1) is 8.04. The fourth-order valence-electron chi connectivity index (χ4n) is 1.81. The van der Waals surface area contributed by atoms with Crippen LogP contribution in [-0.4, -0.2) is 28.7 Å². The molecule has 2 heterocycles. The van der Waals surface area contributed by atoms with Gasteiger partial charge in [-0.25, -0.2) is 22.2 Å². The maximum absolute atomic E-state index is 12.7. The monoisotopic (exact) mass is 248 g/mol. The van der Waals surface area contributed by atoms with E-state index in [1.54, 1.807) is 6.07 Å². The van der Waals surface area contributed by atoms with Crippen molar-refractivity contribution in [2.45, 2.75) is 31.4 Å². The molecular formula is C9H8F4N4. The number of rotatable bonds is 2. The maximum Gasteiger partial charge on any atom is 0.260 e. The van der Waals surface area contributed by atoms with Crippen molar-refractivity contribution in [1.29, 1.82) is 5.26 Å². The van der Waals surface area contributed by atoms with E-state index in [-0.39, 0.29) is 11.4 Å². The van der Waals surface area contributed by atoms with Crippen LogP contribution in [-0.2, 0) is 0 Å². The number of hydrogen-bond acceptors (Lipinski definition) is 3. The fraction of sp³-hybridized carbons (Fsp3) is 0.556. The summed E-state index contributed by atoms with van der Waals surface area (Å²) in [6.45, 7) is 0. The summed E-state index contributed by atoms with van der Waals surface area (Å²) >= 11 is 0. The van der Waals surface area contributed by atoms with Crippen LogP contribution in [0.3, 0.4) is 0 Å². The number of nitrogens with zero attached hydrogens (tertiary/aromatic N) is 3. The molecule has 2 rings (SSSR count). The average molecular weight is 248 g/mol. The van der Waals surface area contributed by atoms with Crippen molar-refractivity contribution in [3.63, 3.8) is 0 Å². The third-order valence-electron chi connectivity index (χ3n) is 2.64. The summed E-state index contributed by atoms with van der Waals surface area (Å²) in [5.41, 5.74) is -0.0130. The molecule has 0 aromatic carbocycles. The first kappa shape index (κ1) is 11.7. The summed E-state index contributed by atoms with van der Waals surface area (Å²) in [6, 6.07) is -1.09. The predicted octanol–water partition coefficient (Wildman–Crippen LogP) is 2.01. The lowest BCUT2D eigenvalue weighted by Gasteiger charge is -2.31. The van der Waals surface area contributed by atoms with Gasteiger partial charge in [0.2, 0.25) is 0 Å². The zero-order chi connectivity index (χ0) is 12.6. The summed E-state index contributed by atoms with van der Waals surface area (Å²) < 4.78 is 51.5. The number of alkyl halides is 4. The Hall–Kier alpha value is -1.78. The van der Waals surface area contributed by atoms with Crippen LogP contribution in [0.1, 0.15) is 18.0 Å². The van der Waals surface area contributed by atoms with Gasteiger partial charge in [-0.3, -0.25) is 0 Å². The van der Waals surface area contributed by atoms with Gasteiger partial charge >= 0.3 is 0 Å². The Morgan fingerprint density at radius 2 is 2.12 bits per heavy atom. The number of nitrogens with one attached hydrogen (secondary N) is 1. The molecule has 0 amide bonds. The van der Waals surface area contributed by atoms with Crippen LogP contribution in [0.2, 0.25) is 0 Å². The second-order valence-corrected chi connectivity index (χ2v) is 3.69. The van der Waals surface area contributed by atoms with Crippen molar-refractivity contribution in [2.24, 2.45) is 0 Å². The average Bonchev–Trinajstić information content (AvgIpc) is 2.69. The van der Waals surface area contributed by atoms with E-state index in [9.17, 15) is 17.6 Å². The van der Waals surface area contributed by atoms with E-state index in [1.807, 2.05) is 0 Å². The van der Waals surface area contributed by atoms with E-state index in [0.717, 1.165) is 10.9 Å². The van der Waals surface area contributed by atoms with Crippen LogP contribution in [0.4, 0.5) is 23.4 Å². The van der Waals surface area contributed by atoms with Crippen molar-refractivity contribution in [1.82, 2.24) is 9.78 Å². The number of anilines is 1. The number of aromatic nitrogens is 2. The normalized spacial score (nSPS) is 23.4. The Labute approximate surface area is 93.8 Å². The van der Waals surface area contributed by atoms with E-state index >= 15 is 0 Å². The molecule has 0 aliphatic carbocycles. The molecule has 1 aromatic rings. The Morgan fingerprint density at radius 3 is 2.65 bits per heavy atom. The van der Waals surface area contributed by atoms with Crippen molar-refractivity contribution >= 4 is 5.82 Å². The Bertz CT molecular complexity index is 450. The SMILES string of the molecule is N#Cc1cnn2c1NC(C(F)F)CC2C(F)F. The van der Waals surface area contributed by atoms with E-state index < -0.39 is 31.4 Å². The van der Waals surface area contributed by atoms with Crippen LogP contribution in [0, 0.1) is 11.3 Å². The molecule has 92 valence electrons. The highest BCUT2D eigenvalue weighted by molar-refractivity contribution is 5.53. The van der Waals surface area contributed by atoms with Gasteiger partial charge in [0.1, 0.15) is 23.5 Å². The molecule has 0 saturated heterocycles. The third kappa shape index (κ3) is 1.92. The largest absolute Gasteiger partial charge is 0.361 e. The fourth-order valence-corrected chi connectivity index (χ4v) is 1.81. The van der Waals surface area contributed by atoms with E-state index in [2.05, 4.69) is 10.4 Å². The van der Waals surface area contributed by atoms with Gasteiger partial charge in [0.15, 0.2) is 0 Å². The van der Waals surface area contributed by atoms with Gasteiger partial charge in [-0.15, -0.1) is 0 Å². The quantitative estimate of drug-likeness (QED) is 0.814. The summed E-state index contributed by atoms with van der Waals surface area (Å²) in [7, 11) is 0. The molecule has 1 aromatic heterocycles. The van der Waals surface area contributed by atoms with Gasteiger partial charge in [-0.1, -0.05) is 0 Å². The lowest BCUT2D eigenvalue weighted by molar-refractivity contribution is 0.0421. The predicted molar refractivity (Wildman–Crippen MR) is 50.0 cm³/mol. The third-order valence-corrected chi connectivity index (χ3v) is 2.64. The molecule has 1 N–H and O–H groups in total. The minimum Gasteiger partial charge on any atom is -0.361 e. The number of hydrogen-bond donors (Lipinski definition) is 1. The van der Waals surface area contributed by atoms with Crippen LogP contribution < -0.4 is 5.32 Å². The lowest BCUT2D eigenvalue weighted by Crippen LogP contribution is -2.39. The van der Waals surface area contributed by atoms with Gasteiger partial charge in [0.25, 0.3) is 12.9 Å². The van der Waals surface area contributed by atoms with Crippen LogP contribution in [0.15, 0.2) is 6.20 Å². The number of halogens is 4. The van der Waals surface area contributed by atoms with Gasteiger partial charge in [-0.05, 0) is 0 Å². The zero-order valence-corrected chi connectivity index (χ0v) is 8.45. The van der Waals surface area contributed by atoms with Crippen molar-refractivity contribution in [2.75, 3.05) is 5.32 Å². The second kappa shape index (κ2) is 4.24. The molecule has 0 fully saturated rings. The molecule has 17 heavy (non-hydrogen) atoms. The van der Waals surface area contributed by atoms with Crippen molar-refractivity contribution < 1.29 is 17.6 Å². The van der Waals surface area contributed by atoms with Gasteiger partial charge in [0.05, 0.1) is 12.2 Å². The number of fused-ring (bicyclic) bond motifs is 1. The molecular weight excluding hydrogens is 240 g/mol. The molecule has 0 saturated carbocycles. The molecule has 0 bridgehead atoms. The Kier molecular flexibility index (Phi) is 2.92. The topological polar surface area (TPSA) is 53.6 Å².